The van der Waals surface area contributed by atoms with Gasteiger partial charge in [-0.1, -0.05) is 15.9 Å². The van der Waals surface area contributed by atoms with E-state index >= 15 is 0 Å². The quantitative estimate of drug-likeness (QED) is 0.456. The van der Waals surface area contributed by atoms with E-state index in [0.29, 0.717) is 11.3 Å². The summed E-state index contributed by atoms with van der Waals surface area (Å²) in [6, 6.07) is 13.4. The predicted octanol–water partition coefficient (Wildman–Crippen LogP) is 4.77. The van der Waals surface area contributed by atoms with Crippen LogP contribution < -0.4 is 10.2 Å². The van der Waals surface area contributed by atoms with Crippen LogP contribution in [0, 0.1) is 19.7 Å². The molecule has 0 aliphatic heterocycles. The molecular formula is C21H19BrFN3O2. The van der Waals surface area contributed by atoms with Crippen molar-refractivity contribution in [2.24, 2.45) is 5.10 Å². The first-order chi connectivity index (χ1) is 13.4. The number of hydrazone groups is 1. The lowest BCUT2D eigenvalue weighted by atomic mass is 10.2. The minimum Gasteiger partial charge on any atom is -0.496 e. The number of aryl methyl sites for hydroxylation is 1. The highest BCUT2D eigenvalue weighted by Gasteiger charge is 2.13. The van der Waals surface area contributed by atoms with Gasteiger partial charge in [0, 0.05) is 27.1 Å². The van der Waals surface area contributed by atoms with Gasteiger partial charge in [0.25, 0.3) is 5.91 Å². The summed E-state index contributed by atoms with van der Waals surface area (Å²) < 4.78 is 21.2. The van der Waals surface area contributed by atoms with Crippen LogP contribution in [0.25, 0.3) is 5.69 Å². The van der Waals surface area contributed by atoms with Crippen LogP contribution in [-0.4, -0.2) is 23.8 Å². The molecule has 0 aliphatic rings. The summed E-state index contributed by atoms with van der Waals surface area (Å²) in [6.07, 6.45) is 1.59. The summed E-state index contributed by atoms with van der Waals surface area (Å²) in [5, 5.41) is 4.08. The van der Waals surface area contributed by atoms with Crippen molar-refractivity contribution in [2.75, 3.05) is 7.11 Å². The van der Waals surface area contributed by atoms with Gasteiger partial charge in [-0.3, -0.25) is 4.79 Å². The molecule has 0 saturated heterocycles. The Labute approximate surface area is 171 Å². The molecule has 0 fully saturated rings. The Kier molecular flexibility index (Phi) is 5.94. The third-order valence-corrected chi connectivity index (χ3v) is 4.82. The van der Waals surface area contributed by atoms with Crippen molar-refractivity contribution < 1.29 is 13.9 Å². The number of carbonyl (C=O) groups excluding carboxylic acids is 1. The number of halogens is 2. The highest BCUT2D eigenvalue weighted by molar-refractivity contribution is 9.10. The van der Waals surface area contributed by atoms with Gasteiger partial charge < -0.3 is 9.30 Å². The second-order valence-corrected chi connectivity index (χ2v) is 7.10. The van der Waals surface area contributed by atoms with Crippen molar-refractivity contribution in [1.82, 2.24) is 9.99 Å². The fourth-order valence-electron chi connectivity index (χ4n) is 2.98. The van der Waals surface area contributed by atoms with Crippen LogP contribution in [-0.2, 0) is 0 Å². The first-order valence-electron chi connectivity index (χ1n) is 8.52. The summed E-state index contributed by atoms with van der Waals surface area (Å²) >= 11 is 3.35. The maximum Gasteiger partial charge on any atom is 0.275 e. The van der Waals surface area contributed by atoms with E-state index in [1.54, 1.807) is 36.5 Å². The van der Waals surface area contributed by atoms with Crippen LogP contribution in [0.15, 0.2) is 58.1 Å². The topological polar surface area (TPSA) is 55.6 Å². The zero-order valence-corrected chi connectivity index (χ0v) is 17.2. The average Bonchev–Trinajstić information content (AvgIpc) is 2.96. The molecule has 7 heteroatoms. The Balaban J connectivity index is 1.80. The molecule has 0 radical (unpaired) electrons. The lowest BCUT2D eigenvalue weighted by Crippen LogP contribution is -2.18. The molecule has 2 aromatic carbocycles. The molecule has 3 rings (SSSR count). The van der Waals surface area contributed by atoms with E-state index in [4.69, 9.17) is 4.74 Å². The second kappa shape index (κ2) is 8.39. The molecule has 0 unspecified atom stereocenters. The van der Waals surface area contributed by atoms with E-state index in [1.807, 2.05) is 24.5 Å². The number of carbonyl (C=O) groups is 1. The monoisotopic (exact) mass is 443 g/mol. The highest BCUT2D eigenvalue weighted by Crippen LogP contribution is 2.23. The number of rotatable bonds is 5. The Bertz CT molecular complexity index is 1040. The van der Waals surface area contributed by atoms with E-state index < -0.39 is 0 Å². The molecule has 1 amide bonds. The Morgan fingerprint density at radius 3 is 2.57 bits per heavy atom. The second-order valence-electron chi connectivity index (χ2n) is 6.18. The minimum atomic E-state index is -0.373. The number of hydrogen-bond donors (Lipinski definition) is 1. The van der Waals surface area contributed by atoms with Gasteiger partial charge in [-0.05, 0) is 62.4 Å². The summed E-state index contributed by atoms with van der Waals surface area (Å²) in [5.74, 6) is -0.189. The summed E-state index contributed by atoms with van der Waals surface area (Å²) in [6.45, 7) is 3.90. The van der Waals surface area contributed by atoms with Crippen molar-refractivity contribution in [2.45, 2.75) is 13.8 Å². The van der Waals surface area contributed by atoms with Crippen LogP contribution in [0.1, 0.15) is 27.3 Å². The van der Waals surface area contributed by atoms with Gasteiger partial charge in [-0.25, -0.2) is 9.82 Å². The van der Waals surface area contributed by atoms with Crippen molar-refractivity contribution >= 4 is 28.1 Å². The molecule has 1 aromatic heterocycles. The lowest BCUT2D eigenvalue weighted by Gasteiger charge is -2.09. The number of ether oxygens (including phenoxy) is 1. The van der Waals surface area contributed by atoms with E-state index in [2.05, 4.69) is 26.5 Å². The molecule has 3 aromatic rings. The standard InChI is InChI=1S/C21H19BrFN3O2/c1-13-10-15(14(2)26(13)18-7-5-17(23)6-8-18)12-24-25-21(27)19-11-16(22)4-9-20(19)28-3/h4-12H,1-3H3,(H,25,27)/b24-12+. The van der Waals surface area contributed by atoms with Gasteiger partial charge in [0.1, 0.15) is 11.6 Å². The molecule has 0 aliphatic carbocycles. The average molecular weight is 444 g/mol. The maximum absolute atomic E-state index is 13.2. The van der Waals surface area contributed by atoms with Gasteiger partial charge in [0.2, 0.25) is 0 Å². The molecule has 28 heavy (non-hydrogen) atoms. The van der Waals surface area contributed by atoms with Gasteiger partial charge in [-0.15, -0.1) is 0 Å². The number of nitrogens with zero attached hydrogens (tertiary/aromatic N) is 2. The largest absolute Gasteiger partial charge is 0.496 e. The number of methoxy groups -OCH3 is 1. The molecule has 0 saturated carbocycles. The zero-order chi connectivity index (χ0) is 20.3. The smallest absolute Gasteiger partial charge is 0.275 e. The number of aromatic nitrogens is 1. The number of hydrogen-bond acceptors (Lipinski definition) is 3. The zero-order valence-electron chi connectivity index (χ0n) is 15.7. The highest BCUT2D eigenvalue weighted by atomic mass is 79.9. The fourth-order valence-corrected chi connectivity index (χ4v) is 3.35. The van der Waals surface area contributed by atoms with Gasteiger partial charge in [-0.2, -0.15) is 5.10 Å². The minimum absolute atomic E-state index is 0.279. The normalized spacial score (nSPS) is 11.0. The van der Waals surface area contributed by atoms with Crippen LogP contribution in [0.2, 0.25) is 0 Å². The van der Waals surface area contributed by atoms with E-state index in [1.165, 1.54) is 19.2 Å². The maximum atomic E-state index is 13.2. The molecule has 0 spiro atoms. The van der Waals surface area contributed by atoms with Crippen molar-refractivity contribution in [3.8, 4) is 11.4 Å². The van der Waals surface area contributed by atoms with E-state index in [-0.39, 0.29) is 11.7 Å². The third kappa shape index (κ3) is 4.14. The van der Waals surface area contributed by atoms with Crippen LogP contribution >= 0.6 is 15.9 Å². The molecule has 5 nitrogen and oxygen atoms in total. The number of nitrogens with one attached hydrogen (secondary N) is 1. The van der Waals surface area contributed by atoms with Gasteiger partial charge >= 0.3 is 0 Å². The summed E-state index contributed by atoms with van der Waals surface area (Å²) in [5.41, 5.74) is 6.52. The van der Waals surface area contributed by atoms with Gasteiger partial charge in [0.15, 0.2) is 0 Å². The predicted molar refractivity (Wildman–Crippen MR) is 111 cm³/mol. The number of benzene rings is 2. The Morgan fingerprint density at radius 2 is 1.89 bits per heavy atom. The molecule has 0 atom stereocenters. The van der Waals surface area contributed by atoms with E-state index in [9.17, 15) is 9.18 Å². The molecule has 1 N–H and O–H groups in total. The molecule has 1 heterocycles. The third-order valence-electron chi connectivity index (χ3n) is 4.33. The van der Waals surface area contributed by atoms with Crippen molar-refractivity contribution in [1.29, 1.82) is 0 Å². The van der Waals surface area contributed by atoms with Gasteiger partial charge in [0.05, 0.1) is 18.9 Å². The Hall–Kier alpha value is -2.93. The number of amides is 1. The van der Waals surface area contributed by atoms with Crippen LogP contribution in [0.5, 0.6) is 5.75 Å². The summed E-state index contributed by atoms with van der Waals surface area (Å²) in [4.78, 5) is 12.4. The van der Waals surface area contributed by atoms with Crippen LogP contribution in [0.3, 0.4) is 0 Å². The van der Waals surface area contributed by atoms with Crippen LogP contribution in [0.4, 0.5) is 4.39 Å². The fraction of sp³-hybridized carbons (Fsp3) is 0.143. The lowest BCUT2D eigenvalue weighted by molar-refractivity contribution is 0.0952. The SMILES string of the molecule is COc1ccc(Br)cc1C(=O)N/N=C/c1cc(C)n(-c2ccc(F)cc2)c1C. The Morgan fingerprint density at radius 1 is 1.18 bits per heavy atom. The summed E-state index contributed by atoms with van der Waals surface area (Å²) in [7, 11) is 1.51. The first kappa shape index (κ1) is 19.8. The molecule has 0 bridgehead atoms. The van der Waals surface area contributed by atoms with Crippen molar-refractivity contribution in [3.05, 3.63) is 81.3 Å². The van der Waals surface area contributed by atoms with Crippen molar-refractivity contribution in [3.63, 3.8) is 0 Å². The first-order valence-corrected chi connectivity index (χ1v) is 9.32. The van der Waals surface area contributed by atoms with E-state index in [0.717, 1.165) is 27.1 Å². The molecule has 144 valence electrons. The molecular weight excluding hydrogens is 425 g/mol.